The lowest BCUT2D eigenvalue weighted by molar-refractivity contribution is 0.103. The van der Waals surface area contributed by atoms with Gasteiger partial charge in [0.2, 0.25) is 5.78 Å². The highest BCUT2D eigenvalue weighted by molar-refractivity contribution is 7.90. The number of rotatable bonds is 7. The lowest BCUT2D eigenvalue weighted by atomic mass is 9.95. The van der Waals surface area contributed by atoms with E-state index < -0.39 is 9.84 Å². The zero-order valence-corrected chi connectivity index (χ0v) is 23.6. The summed E-state index contributed by atoms with van der Waals surface area (Å²) in [6.45, 7) is 0. The van der Waals surface area contributed by atoms with Crippen molar-refractivity contribution in [2.75, 3.05) is 6.26 Å². The van der Waals surface area contributed by atoms with E-state index in [1.54, 1.807) is 48.2 Å². The molecule has 0 bridgehead atoms. The van der Waals surface area contributed by atoms with Crippen LogP contribution in [0.1, 0.15) is 31.5 Å². The van der Waals surface area contributed by atoms with Gasteiger partial charge in [0.1, 0.15) is 5.01 Å². The lowest BCUT2D eigenvalue weighted by Gasteiger charge is -2.11. The fourth-order valence-electron chi connectivity index (χ4n) is 4.47. The number of hydrogen-bond donors (Lipinski definition) is 0. The van der Waals surface area contributed by atoms with Gasteiger partial charge in [0.15, 0.2) is 14.8 Å². The summed E-state index contributed by atoms with van der Waals surface area (Å²) in [5.41, 5.74) is 5.78. The fraction of sp³-hybridized carbons (Fsp3) is 0.0323. The number of aromatic nitrogens is 3. The maximum Gasteiger partial charge on any atom is 0.221 e. The first kappa shape index (κ1) is 25.9. The Balaban J connectivity index is 1.47. The molecule has 0 spiro atoms. The minimum atomic E-state index is -3.30. The zero-order chi connectivity index (χ0) is 27.7. The van der Waals surface area contributed by atoms with Crippen molar-refractivity contribution < 1.29 is 13.2 Å². The zero-order valence-electron chi connectivity index (χ0n) is 21.2. The molecule has 0 saturated carbocycles. The van der Waals surface area contributed by atoms with Gasteiger partial charge in [-0.05, 0) is 59.2 Å². The van der Waals surface area contributed by atoms with Gasteiger partial charge in [0.25, 0.3) is 0 Å². The van der Waals surface area contributed by atoms with Crippen molar-refractivity contribution in [2.24, 2.45) is 0 Å². The minimum Gasteiger partial charge on any atom is -0.286 e. The normalized spacial score (nSPS) is 12.1. The van der Waals surface area contributed by atoms with Crippen LogP contribution in [0.15, 0.2) is 107 Å². The summed E-state index contributed by atoms with van der Waals surface area (Å²) >= 11 is 2.83. The summed E-state index contributed by atoms with van der Waals surface area (Å²) in [6.07, 6.45) is 8.36. The Labute approximate surface area is 239 Å². The number of sulfone groups is 1. The van der Waals surface area contributed by atoms with Crippen LogP contribution >= 0.6 is 22.7 Å². The largest absolute Gasteiger partial charge is 0.286 e. The second-order valence-electron chi connectivity index (χ2n) is 9.08. The molecule has 0 N–H and O–H groups in total. The molecule has 0 unspecified atom stereocenters. The number of benzene rings is 3. The van der Waals surface area contributed by atoms with Crippen molar-refractivity contribution in [1.29, 1.82) is 0 Å². The number of hydrogen-bond acceptors (Lipinski definition) is 8. The van der Waals surface area contributed by atoms with E-state index >= 15 is 0 Å². The van der Waals surface area contributed by atoms with E-state index in [-0.39, 0.29) is 10.7 Å². The van der Waals surface area contributed by atoms with Crippen LogP contribution < -0.4 is 0 Å². The fourth-order valence-corrected chi connectivity index (χ4v) is 6.38. The Hall–Kier alpha value is -4.31. The van der Waals surface area contributed by atoms with E-state index in [1.807, 2.05) is 53.9 Å². The number of ketones is 1. The van der Waals surface area contributed by atoms with Crippen LogP contribution in [0.4, 0.5) is 0 Å². The van der Waals surface area contributed by atoms with E-state index in [0.29, 0.717) is 10.6 Å². The van der Waals surface area contributed by atoms with Crippen molar-refractivity contribution in [3.63, 3.8) is 0 Å². The molecular weight excluding hydrogens is 559 g/mol. The Kier molecular flexibility index (Phi) is 6.93. The van der Waals surface area contributed by atoms with Gasteiger partial charge < -0.3 is 0 Å². The molecule has 3 heterocycles. The Morgan fingerprint density at radius 3 is 2.23 bits per heavy atom. The molecular formula is C31H21N3O3S3. The molecule has 0 atom stereocenters. The number of nitrogens with zero attached hydrogens (tertiary/aromatic N) is 3. The maximum atomic E-state index is 13.2. The molecule has 6 rings (SSSR count). The first-order valence-electron chi connectivity index (χ1n) is 12.2. The molecule has 3 aromatic carbocycles. The van der Waals surface area contributed by atoms with Gasteiger partial charge in [-0.15, -0.1) is 22.7 Å². The van der Waals surface area contributed by atoms with Crippen LogP contribution in [0.25, 0.3) is 33.7 Å². The summed E-state index contributed by atoms with van der Waals surface area (Å²) in [7, 11) is -3.30. The third-order valence-electron chi connectivity index (χ3n) is 6.36. The van der Waals surface area contributed by atoms with Gasteiger partial charge in [-0.2, -0.15) is 0 Å². The molecule has 9 heteroatoms. The standard InChI is InChI=1S/C31H21N3O3S3/c1-40(36,37)25-9-7-21(8-10-25)27(30-33-12-14-38-30)17-20-4-2-5-22(16-20)26-19-24(29(35)31-34-13-15-39-31)18-23-6-3-11-32-28(23)26/h2-19H,1H3/b27-17-. The summed E-state index contributed by atoms with van der Waals surface area (Å²) in [5.74, 6) is -0.123. The lowest BCUT2D eigenvalue weighted by Crippen LogP contribution is -2.01. The average molecular weight is 580 g/mol. The van der Waals surface area contributed by atoms with E-state index in [1.165, 1.54) is 28.9 Å². The van der Waals surface area contributed by atoms with Gasteiger partial charge in [-0.1, -0.05) is 36.4 Å². The van der Waals surface area contributed by atoms with E-state index in [0.717, 1.165) is 43.7 Å². The number of thiazole rings is 2. The molecule has 0 aliphatic rings. The smallest absolute Gasteiger partial charge is 0.221 e. The molecule has 0 radical (unpaired) electrons. The predicted molar refractivity (Wildman–Crippen MR) is 161 cm³/mol. The molecule has 0 aliphatic carbocycles. The summed E-state index contributed by atoms with van der Waals surface area (Å²) in [5, 5.41) is 5.84. The van der Waals surface area contributed by atoms with Crippen LogP contribution in [0.5, 0.6) is 0 Å². The van der Waals surface area contributed by atoms with Crippen LogP contribution in [0.2, 0.25) is 0 Å². The Morgan fingerprint density at radius 2 is 1.52 bits per heavy atom. The molecule has 0 fully saturated rings. The van der Waals surface area contributed by atoms with Crippen LogP contribution in [-0.2, 0) is 9.84 Å². The number of carbonyl (C=O) groups excluding carboxylic acids is 1. The predicted octanol–water partition coefficient (Wildman–Crippen LogP) is 7.04. The number of pyridine rings is 1. The SMILES string of the molecule is CS(=O)(=O)c1ccc(/C(=C/c2cccc(-c3cc(C(=O)c4nccs4)cc4cccnc34)c2)c2nccs2)cc1. The highest BCUT2D eigenvalue weighted by Crippen LogP contribution is 2.33. The third-order valence-corrected chi connectivity index (χ3v) is 9.07. The van der Waals surface area contributed by atoms with E-state index in [9.17, 15) is 13.2 Å². The molecule has 196 valence electrons. The van der Waals surface area contributed by atoms with Crippen LogP contribution in [0.3, 0.4) is 0 Å². The van der Waals surface area contributed by atoms with Crippen LogP contribution in [-0.4, -0.2) is 35.4 Å². The summed E-state index contributed by atoms with van der Waals surface area (Å²) < 4.78 is 24.0. The molecule has 6 aromatic rings. The maximum absolute atomic E-state index is 13.2. The van der Waals surface area contributed by atoms with Gasteiger partial charge >= 0.3 is 0 Å². The van der Waals surface area contributed by atoms with Crippen molar-refractivity contribution >= 4 is 60.8 Å². The van der Waals surface area contributed by atoms with Crippen molar-refractivity contribution in [3.05, 3.63) is 129 Å². The first-order chi connectivity index (χ1) is 19.4. The van der Waals surface area contributed by atoms with E-state index in [4.69, 9.17) is 0 Å². The average Bonchev–Trinajstić information content (AvgIpc) is 3.70. The van der Waals surface area contributed by atoms with Gasteiger partial charge in [-0.3, -0.25) is 9.78 Å². The minimum absolute atomic E-state index is 0.123. The van der Waals surface area contributed by atoms with Gasteiger partial charge in [-0.25, -0.2) is 18.4 Å². The quantitative estimate of drug-likeness (QED) is 0.149. The molecule has 40 heavy (non-hydrogen) atoms. The van der Waals surface area contributed by atoms with E-state index in [2.05, 4.69) is 21.0 Å². The number of carbonyl (C=O) groups is 1. The molecule has 0 aliphatic heterocycles. The third kappa shape index (κ3) is 5.27. The molecule has 0 saturated heterocycles. The Bertz CT molecular complexity index is 1980. The monoisotopic (exact) mass is 579 g/mol. The summed E-state index contributed by atoms with van der Waals surface area (Å²) in [4.78, 5) is 26.8. The second-order valence-corrected chi connectivity index (χ2v) is 12.9. The topological polar surface area (TPSA) is 89.9 Å². The second kappa shape index (κ2) is 10.7. The highest BCUT2D eigenvalue weighted by atomic mass is 32.2. The number of fused-ring (bicyclic) bond motifs is 1. The van der Waals surface area contributed by atoms with Crippen LogP contribution in [0, 0.1) is 0 Å². The van der Waals surface area contributed by atoms with Gasteiger partial charge in [0, 0.05) is 57.7 Å². The summed E-state index contributed by atoms with van der Waals surface area (Å²) in [6, 6.07) is 22.4. The van der Waals surface area contributed by atoms with Crippen molar-refractivity contribution in [1.82, 2.24) is 15.0 Å². The Morgan fingerprint density at radius 1 is 0.775 bits per heavy atom. The van der Waals surface area contributed by atoms with Crippen molar-refractivity contribution in [3.8, 4) is 11.1 Å². The van der Waals surface area contributed by atoms with Gasteiger partial charge in [0.05, 0.1) is 10.4 Å². The highest BCUT2D eigenvalue weighted by Gasteiger charge is 2.17. The molecule has 0 amide bonds. The molecule has 3 aromatic heterocycles. The van der Waals surface area contributed by atoms with Crippen molar-refractivity contribution in [2.45, 2.75) is 4.90 Å². The molecule has 6 nitrogen and oxygen atoms in total. The first-order valence-corrected chi connectivity index (χ1v) is 15.9.